The lowest BCUT2D eigenvalue weighted by atomic mass is 10.0. The Balaban J connectivity index is 1.62. The number of furan rings is 1. The Morgan fingerprint density at radius 2 is 1.86 bits per heavy atom. The maximum Gasteiger partial charge on any atom is 0.176 e. The van der Waals surface area contributed by atoms with Crippen molar-refractivity contribution in [2.24, 2.45) is 4.99 Å². The van der Waals surface area contributed by atoms with Gasteiger partial charge in [-0.2, -0.15) is 0 Å². The molecule has 0 amide bonds. The SMILES string of the molecule is COc1cccc2cc(C3=Nc4ccccc4SC(c4ccc(O)cc4)C3)oc12. The molecule has 0 saturated carbocycles. The minimum absolute atomic E-state index is 0.160. The Morgan fingerprint density at radius 3 is 2.69 bits per heavy atom. The van der Waals surface area contributed by atoms with E-state index in [-0.39, 0.29) is 11.0 Å². The number of rotatable bonds is 3. The van der Waals surface area contributed by atoms with Crippen molar-refractivity contribution < 1.29 is 14.3 Å². The fraction of sp³-hybridized carbons (Fsp3) is 0.125. The summed E-state index contributed by atoms with van der Waals surface area (Å²) in [6.07, 6.45) is 0.715. The lowest BCUT2D eigenvalue weighted by Crippen LogP contribution is -2.04. The van der Waals surface area contributed by atoms with E-state index in [9.17, 15) is 5.11 Å². The molecule has 0 radical (unpaired) electrons. The number of fused-ring (bicyclic) bond motifs is 2. The van der Waals surface area contributed by atoms with Gasteiger partial charge in [0.15, 0.2) is 11.3 Å². The molecule has 2 heterocycles. The van der Waals surface area contributed by atoms with Crippen LogP contribution in [0.3, 0.4) is 0 Å². The minimum atomic E-state index is 0.160. The van der Waals surface area contributed by atoms with Crippen LogP contribution in [0, 0.1) is 0 Å². The van der Waals surface area contributed by atoms with Crippen LogP contribution in [-0.4, -0.2) is 17.9 Å². The molecule has 1 aliphatic heterocycles. The Kier molecular flexibility index (Phi) is 4.52. The molecule has 1 unspecified atom stereocenters. The van der Waals surface area contributed by atoms with E-state index in [0.29, 0.717) is 12.2 Å². The number of methoxy groups -OCH3 is 1. The van der Waals surface area contributed by atoms with Gasteiger partial charge in [-0.05, 0) is 42.0 Å². The highest BCUT2D eigenvalue weighted by Crippen LogP contribution is 2.46. The number of thioether (sulfide) groups is 1. The quantitative estimate of drug-likeness (QED) is 0.425. The maximum absolute atomic E-state index is 9.67. The highest BCUT2D eigenvalue weighted by molar-refractivity contribution is 7.99. The van der Waals surface area contributed by atoms with Gasteiger partial charge in [-0.1, -0.05) is 36.4 Å². The maximum atomic E-state index is 9.67. The van der Waals surface area contributed by atoms with Crippen molar-refractivity contribution in [3.8, 4) is 11.5 Å². The average molecular weight is 401 g/mol. The summed E-state index contributed by atoms with van der Waals surface area (Å²) >= 11 is 1.79. The molecule has 5 rings (SSSR count). The molecule has 0 spiro atoms. The van der Waals surface area contributed by atoms with Gasteiger partial charge in [-0.25, -0.2) is 4.99 Å². The van der Waals surface area contributed by atoms with Crippen LogP contribution in [0.5, 0.6) is 11.5 Å². The summed E-state index contributed by atoms with van der Waals surface area (Å²) in [4.78, 5) is 6.10. The normalized spacial score (nSPS) is 16.2. The number of para-hydroxylation sites is 2. The largest absolute Gasteiger partial charge is 0.508 e. The standard InChI is InChI=1S/C24H19NO3S/c1-27-20-7-4-5-16-13-21(28-24(16)20)19-14-23(15-9-11-17(26)12-10-15)29-22-8-3-2-6-18(22)25-19/h2-13,23,26H,14H2,1H3. The molecule has 3 aromatic carbocycles. The molecule has 0 fully saturated rings. The Hall–Kier alpha value is -3.18. The molecule has 1 N–H and O–H groups in total. The smallest absolute Gasteiger partial charge is 0.176 e. The summed E-state index contributed by atoms with van der Waals surface area (Å²) in [6, 6.07) is 23.5. The molecular weight excluding hydrogens is 382 g/mol. The van der Waals surface area contributed by atoms with Crippen LogP contribution in [-0.2, 0) is 0 Å². The van der Waals surface area contributed by atoms with E-state index in [0.717, 1.165) is 38.6 Å². The Morgan fingerprint density at radius 1 is 1.03 bits per heavy atom. The summed E-state index contributed by atoms with van der Waals surface area (Å²) in [5, 5.41) is 10.8. The predicted octanol–water partition coefficient (Wildman–Crippen LogP) is 6.50. The molecule has 5 heteroatoms. The molecule has 1 atom stereocenters. The number of aliphatic imine (C=N–C) groups is 1. The average Bonchev–Trinajstić information content (AvgIpc) is 3.09. The first-order chi connectivity index (χ1) is 14.2. The van der Waals surface area contributed by atoms with Crippen LogP contribution in [0.1, 0.15) is 23.0 Å². The van der Waals surface area contributed by atoms with E-state index in [4.69, 9.17) is 14.1 Å². The zero-order chi connectivity index (χ0) is 19.8. The van der Waals surface area contributed by atoms with Crippen LogP contribution < -0.4 is 4.74 Å². The second-order valence-electron chi connectivity index (χ2n) is 6.92. The van der Waals surface area contributed by atoms with Gasteiger partial charge < -0.3 is 14.3 Å². The van der Waals surface area contributed by atoms with Crippen molar-refractivity contribution in [1.82, 2.24) is 0 Å². The van der Waals surface area contributed by atoms with E-state index in [1.165, 1.54) is 0 Å². The highest BCUT2D eigenvalue weighted by Gasteiger charge is 2.24. The van der Waals surface area contributed by atoms with E-state index < -0.39 is 0 Å². The van der Waals surface area contributed by atoms with Crippen molar-refractivity contribution >= 4 is 34.1 Å². The third-order valence-electron chi connectivity index (χ3n) is 5.05. The Bertz CT molecular complexity index is 1210. The van der Waals surface area contributed by atoms with Gasteiger partial charge in [0.1, 0.15) is 11.5 Å². The summed E-state index contributed by atoms with van der Waals surface area (Å²) in [5.41, 5.74) is 3.73. The number of hydrogen-bond donors (Lipinski definition) is 1. The van der Waals surface area contributed by atoms with Gasteiger partial charge in [0, 0.05) is 22.0 Å². The summed E-state index contributed by atoms with van der Waals surface area (Å²) in [7, 11) is 1.65. The second-order valence-corrected chi connectivity index (χ2v) is 8.16. The first-order valence-corrected chi connectivity index (χ1v) is 10.3. The molecule has 144 valence electrons. The lowest BCUT2D eigenvalue weighted by molar-refractivity contribution is 0.410. The second kappa shape index (κ2) is 7.33. The van der Waals surface area contributed by atoms with Crippen LogP contribution in [0.25, 0.3) is 11.0 Å². The number of phenols is 1. The summed E-state index contributed by atoms with van der Waals surface area (Å²) in [5.74, 6) is 1.74. The Labute approximate surface area is 172 Å². The first kappa shape index (κ1) is 17.9. The summed E-state index contributed by atoms with van der Waals surface area (Å²) < 4.78 is 11.6. The zero-order valence-corrected chi connectivity index (χ0v) is 16.6. The summed E-state index contributed by atoms with van der Waals surface area (Å²) in [6.45, 7) is 0. The van der Waals surface area contributed by atoms with E-state index >= 15 is 0 Å². The number of nitrogens with zero attached hydrogens (tertiary/aromatic N) is 1. The molecule has 4 nitrogen and oxygen atoms in total. The van der Waals surface area contributed by atoms with Crippen molar-refractivity contribution in [3.05, 3.63) is 84.1 Å². The molecule has 0 saturated heterocycles. The fourth-order valence-electron chi connectivity index (χ4n) is 3.58. The van der Waals surface area contributed by atoms with Gasteiger partial charge in [-0.15, -0.1) is 11.8 Å². The van der Waals surface area contributed by atoms with Crippen molar-refractivity contribution in [2.75, 3.05) is 7.11 Å². The van der Waals surface area contributed by atoms with Gasteiger partial charge in [0.05, 0.1) is 18.5 Å². The van der Waals surface area contributed by atoms with E-state index in [1.54, 1.807) is 31.0 Å². The lowest BCUT2D eigenvalue weighted by Gasteiger charge is -2.15. The number of aromatic hydroxyl groups is 1. The topological polar surface area (TPSA) is 55.0 Å². The van der Waals surface area contributed by atoms with Crippen LogP contribution in [0.15, 0.2) is 87.1 Å². The number of ether oxygens (including phenoxy) is 1. The molecule has 0 bridgehead atoms. The molecule has 0 aliphatic carbocycles. The zero-order valence-electron chi connectivity index (χ0n) is 15.8. The van der Waals surface area contributed by atoms with Gasteiger partial charge >= 0.3 is 0 Å². The number of hydrogen-bond acceptors (Lipinski definition) is 5. The van der Waals surface area contributed by atoms with E-state index in [1.807, 2.05) is 54.6 Å². The monoisotopic (exact) mass is 401 g/mol. The number of benzene rings is 3. The molecular formula is C24H19NO3S. The molecule has 29 heavy (non-hydrogen) atoms. The van der Waals surface area contributed by atoms with Crippen molar-refractivity contribution in [1.29, 1.82) is 0 Å². The van der Waals surface area contributed by atoms with Crippen molar-refractivity contribution in [3.63, 3.8) is 0 Å². The van der Waals surface area contributed by atoms with Crippen LogP contribution in [0.2, 0.25) is 0 Å². The molecule has 1 aliphatic rings. The number of phenolic OH excluding ortho intramolecular Hbond substituents is 1. The third kappa shape index (κ3) is 3.38. The van der Waals surface area contributed by atoms with E-state index in [2.05, 4.69) is 6.07 Å². The van der Waals surface area contributed by atoms with Gasteiger partial charge in [0.25, 0.3) is 0 Å². The van der Waals surface area contributed by atoms with Crippen molar-refractivity contribution in [2.45, 2.75) is 16.6 Å². The highest BCUT2D eigenvalue weighted by atomic mass is 32.2. The van der Waals surface area contributed by atoms with Crippen LogP contribution >= 0.6 is 11.8 Å². The predicted molar refractivity (Wildman–Crippen MR) is 117 cm³/mol. The minimum Gasteiger partial charge on any atom is -0.508 e. The fourth-order valence-corrected chi connectivity index (χ4v) is 4.81. The van der Waals surface area contributed by atoms with Crippen LogP contribution in [0.4, 0.5) is 5.69 Å². The first-order valence-electron chi connectivity index (χ1n) is 9.40. The molecule has 1 aromatic heterocycles. The molecule has 4 aromatic rings. The van der Waals surface area contributed by atoms with Gasteiger partial charge in [0.2, 0.25) is 0 Å². The van der Waals surface area contributed by atoms with Gasteiger partial charge in [-0.3, -0.25) is 0 Å². The third-order valence-corrected chi connectivity index (χ3v) is 6.37.